The molecule has 3 nitrogen and oxygen atoms in total. The van der Waals surface area contributed by atoms with Crippen LogP contribution in [0.15, 0.2) is 24.3 Å². The van der Waals surface area contributed by atoms with Gasteiger partial charge in [-0.05, 0) is 45.2 Å². The van der Waals surface area contributed by atoms with Gasteiger partial charge in [-0.3, -0.25) is 4.79 Å². The summed E-state index contributed by atoms with van der Waals surface area (Å²) in [5, 5.41) is 0. The van der Waals surface area contributed by atoms with E-state index in [1.807, 2.05) is 17.0 Å². The molecule has 1 aliphatic rings. The Hall–Kier alpha value is -1.35. The van der Waals surface area contributed by atoms with Gasteiger partial charge in [0, 0.05) is 18.0 Å². The molecule has 0 aliphatic carbocycles. The Morgan fingerprint density at radius 2 is 1.89 bits per heavy atom. The van der Waals surface area contributed by atoms with Gasteiger partial charge in [-0.15, -0.1) is 0 Å². The van der Waals surface area contributed by atoms with Gasteiger partial charge in [0.15, 0.2) is 0 Å². The van der Waals surface area contributed by atoms with E-state index in [-0.39, 0.29) is 23.5 Å². The van der Waals surface area contributed by atoms with Crippen molar-refractivity contribution in [1.82, 2.24) is 4.90 Å². The molecule has 0 saturated carbocycles. The Balaban J connectivity index is 2.49. The average Bonchev–Trinajstić information content (AvgIpc) is 2.31. The van der Waals surface area contributed by atoms with Crippen LogP contribution in [0.2, 0.25) is 0 Å². The highest BCUT2D eigenvalue weighted by Crippen LogP contribution is 2.37. The van der Waals surface area contributed by atoms with Gasteiger partial charge in [-0.25, -0.2) is 0 Å². The number of nitrogens with zero attached hydrogens (tertiary/aromatic N) is 1. The monoisotopic (exact) mass is 260 g/mol. The zero-order chi connectivity index (χ0) is 14.2. The van der Waals surface area contributed by atoms with Gasteiger partial charge in [0.2, 0.25) is 5.91 Å². The number of piperidine rings is 1. The topological polar surface area (TPSA) is 46.3 Å². The highest BCUT2D eigenvalue weighted by atomic mass is 16.2. The first kappa shape index (κ1) is 14.1. The molecular weight excluding hydrogens is 236 g/mol. The quantitative estimate of drug-likeness (QED) is 0.844. The maximum atomic E-state index is 12.4. The van der Waals surface area contributed by atoms with Gasteiger partial charge < -0.3 is 10.6 Å². The maximum Gasteiger partial charge on any atom is 0.223 e. The van der Waals surface area contributed by atoms with Gasteiger partial charge in [0.25, 0.3) is 0 Å². The lowest BCUT2D eigenvalue weighted by Gasteiger charge is -2.47. The van der Waals surface area contributed by atoms with Crippen molar-refractivity contribution < 1.29 is 4.79 Å². The molecule has 1 aromatic rings. The molecule has 1 saturated heterocycles. The number of aryl methyl sites for hydroxylation is 1. The minimum absolute atomic E-state index is 0.0116. The van der Waals surface area contributed by atoms with Crippen molar-refractivity contribution in [1.29, 1.82) is 0 Å². The van der Waals surface area contributed by atoms with Gasteiger partial charge in [-0.2, -0.15) is 0 Å². The zero-order valence-electron chi connectivity index (χ0n) is 12.3. The Labute approximate surface area is 115 Å². The van der Waals surface area contributed by atoms with Gasteiger partial charge in [0.05, 0.1) is 6.04 Å². The Bertz CT molecular complexity index is 476. The van der Waals surface area contributed by atoms with Crippen LogP contribution in [-0.4, -0.2) is 22.4 Å². The van der Waals surface area contributed by atoms with E-state index < -0.39 is 0 Å². The molecule has 1 aromatic carbocycles. The van der Waals surface area contributed by atoms with Crippen LogP contribution in [0.5, 0.6) is 0 Å². The summed E-state index contributed by atoms with van der Waals surface area (Å²) >= 11 is 0. The highest BCUT2D eigenvalue weighted by Gasteiger charge is 2.40. The minimum Gasteiger partial charge on any atom is -0.329 e. The van der Waals surface area contributed by atoms with E-state index >= 15 is 0 Å². The van der Waals surface area contributed by atoms with Crippen LogP contribution < -0.4 is 5.73 Å². The first-order valence-corrected chi connectivity index (χ1v) is 6.95. The van der Waals surface area contributed by atoms with Crippen molar-refractivity contribution in [3.63, 3.8) is 0 Å². The summed E-state index contributed by atoms with van der Waals surface area (Å²) in [6.07, 6.45) is 1.32. The van der Waals surface area contributed by atoms with Gasteiger partial charge >= 0.3 is 0 Å². The molecule has 2 atom stereocenters. The summed E-state index contributed by atoms with van der Waals surface area (Å²) in [5.41, 5.74) is 8.51. The molecule has 1 amide bonds. The molecular formula is C16H24N2O. The van der Waals surface area contributed by atoms with Crippen molar-refractivity contribution in [2.45, 2.75) is 58.2 Å². The molecule has 0 aromatic heterocycles. The predicted molar refractivity (Wildman–Crippen MR) is 77.7 cm³/mol. The van der Waals surface area contributed by atoms with Crippen LogP contribution >= 0.6 is 0 Å². The summed E-state index contributed by atoms with van der Waals surface area (Å²) in [5.74, 6) is 0.211. The van der Waals surface area contributed by atoms with Crippen molar-refractivity contribution in [3.05, 3.63) is 35.4 Å². The fourth-order valence-electron chi connectivity index (χ4n) is 2.99. The Kier molecular flexibility index (Phi) is 3.68. The third kappa shape index (κ3) is 2.66. The predicted octanol–water partition coefficient (Wildman–Crippen LogP) is 2.78. The second-order valence-corrected chi connectivity index (χ2v) is 6.44. The molecule has 0 bridgehead atoms. The number of hydrogen-bond acceptors (Lipinski definition) is 2. The summed E-state index contributed by atoms with van der Waals surface area (Å²) in [6, 6.07) is 8.23. The first-order valence-electron chi connectivity index (χ1n) is 6.95. The van der Waals surface area contributed by atoms with Crippen LogP contribution in [0.3, 0.4) is 0 Å². The fraction of sp³-hybridized carbons (Fsp3) is 0.562. The molecule has 0 radical (unpaired) electrons. The van der Waals surface area contributed by atoms with Crippen molar-refractivity contribution in [3.8, 4) is 0 Å². The second-order valence-electron chi connectivity index (χ2n) is 6.44. The minimum atomic E-state index is -0.206. The summed E-state index contributed by atoms with van der Waals surface area (Å²) < 4.78 is 0. The smallest absolute Gasteiger partial charge is 0.223 e. The normalized spacial score (nSPS) is 24.7. The molecule has 0 spiro atoms. The van der Waals surface area contributed by atoms with Crippen molar-refractivity contribution in [2.24, 2.45) is 5.73 Å². The molecule has 2 rings (SSSR count). The molecule has 2 unspecified atom stereocenters. The lowest BCUT2D eigenvalue weighted by Crippen LogP contribution is -2.56. The number of amides is 1. The Morgan fingerprint density at radius 3 is 2.47 bits per heavy atom. The first-order chi connectivity index (χ1) is 8.82. The average molecular weight is 260 g/mol. The third-order valence-corrected chi connectivity index (χ3v) is 3.87. The summed E-state index contributed by atoms with van der Waals surface area (Å²) in [6.45, 7) is 8.32. The fourth-order valence-corrected chi connectivity index (χ4v) is 2.99. The standard InChI is InChI=1S/C16H24N2O/c1-11-7-5-6-8-12(11)15-13(17)9-10-14(19)18(15)16(2,3)4/h5-8,13,15H,9-10,17H2,1-4H3. The number of nitrogens with two attached hydrogens (primary N) is 1. The van der Waals surface area contributed by atoms with Crippen molar-refractivity contribution >= 4 is 5.91 Å². The van der Waals surface area contributed by atoms with E-state index in [0.29, 0.717) is 6.42 Å². The van der Waals surface area contributed by atoms with Crippen LogP contribution in [0.4, 0.5) is 0 Å². The number of hydrogen-bond donors (Lipinski definition) is 1. The maximum absolute atomic E-state index is 12.4. The van der Waals surface area contributed by atoms with E-state index in [9.17, 15) is 4.79 Å². The van der Waals surface area contributed by atoms with Crippen LogP contribution in [0.1, 0.15) is 50.8 Å². The molecule has 1 heterocycles. The number of carbonyl (C=O) groups is 1. The molecule has 3 heteroatoms. The second kappa shape index (κ2) is 4.97. The summed E-state index contributed by atoms with van der Waals surface area (Å²) in [7, 11) is 0. The van der Waals surface area contributed by atoms with Crippen LogP contribution in [-0.2, 0) is 4.79 Å². The third-order valence-electron chi connectivity index (χ3n) is 3.87. The largest absolute Gasteiger partial charge is 0.329 e. The van der Waals surface area contributed by atoms with Crippen molar-refractivity contribution in [2.75, 3.05) is 0 Å². The molecule has 2 N–H and O–H groups in total. The number of benzene rings is 1. The lowest BCUT2D eigenvalue weighted by atomic mass is 9.85. The number of likely N-dealkylation sites (tertiary alicyclic amines) is 1. The molecule has 1 aliphatic heterocycles. The van der Waals surface area contributed by atoms with Gasteiger partial charge in [-0.1, -0.05) is 24.3 Å². The number of carbonyl (C=O) groups excluding carboxylic acids is 1. The zero-order valence-corrected chi connectivity index (χ0v) is 12.3. The van der Waals surface area contributed by atoms with Gasteiger partial charge in [0.1, 0.15) is 0 Å². The van der Waals surface area contributed by atoms with Crippen LogP contribution in [0, 0.1) is 6.92 Å². The summed E-state index contributed by atoms with van der Waals surface area (Å²) in [4.78, 5) is 14.3. The van der Waals surface area contributed by atoms with E-state index in [1.54, 1.807) is 0 Å². The van der Waals surface area contributed by atoms with E-state index in [1.165, 1.54) is 11.1 Å². The molecule has 1 fully saturated rings. The molecule has 104 valence electrons. The Morgan fingerprint density at radius 1 is 1.26 bits per heavy atom. The SMILES string of the molecule is Cc1ccccc1C1C(N)CCC(=O)N1C(C)(C)C. The molecule has 19 heavy (non-hydrogen) atoms. The van der Waals surface area contributed by atoms with E-state index in [0.717, 1.165) is 6.42 Å². The van der Waals surface area contributed by atoms with Crippen LogP contribution in [0.25, 0.3) is 0 Å². The number of rotatable bonds is 1. The lowest BCUT2D eigenvalue weighted by molar-refractivity contribution is -0.144. The van der Waals surface area contributed by atoms with E-state index in [4.69, 9.17) is 5.73 Å². The highest BCUT2D eigenvalue weighted by molar-refractivity contribution is 5.78. The van der Waals surface area contributed by atoms with E-state index in [2.05, 4.69) is 39.8 Å².